The van der Waals surface area contributed by atoms with Gasteiger partial charge >= 0.3 is 6.36 Å². The maximum Gasteiger partial charge on any atom is 0.522 e. The van der Waals surface area contributed by atoms with E-state index >= 15 is 0 Å². The standard InChI is InChI=1S/C9H14F3N3O/c1-2-8(13)7-5-14-15(6-7)3-4-16-9(10,11)12/h5-6,8H,2-4,13H2,1H3. The fraction of sp³-hybridized carbons (Fsp3) is 0.667. The molecule has 7 heteroatoms. The molecule has 0 saturated carbocycles. The maximum atomic E-state index is 11.7. The molecule has 0 fully saturated rings. The molecule has 92 valence electrons. The lowest BCUT2D eigenvalue weighted by Crippen LogP contribution is -2.17. The van der Waals surface area contributed by atoms with Gasteiger partial charge in [-0.05, 0) is 6.42 Å². The highest BCUT2D eigenvalue weighted by Crippen LogP contribution is 2.16. The number of halogens is 3. The van der Waals surface area contributed by atoms with Crippen molar-refractivity contribution in [1.29, 1.82) is 0 Å². The fourth-order valence-corrected chi connectivity index (χ4v) is 1.18. The number of nitrogens with two attached hydrogens (primary N) is 1. The third-order valence-electron chi connectivity index (χ3n) is 2.11. The Morgan fingerprint density at radius 3 is 2.81 bits per heavy atom. The molecule has 0 aliphatic carbocycles. The Bertz CT molecular complexity index is 324. The lowest BCUT2D eigenvalue weighted by atomic mass is 10.1. The van der Waals surface area contributed by atoms with Crippen LogP contribution in [0.1, 0.15) is 24.9 Å². The van der Waals surface area contributed by atoms with Crippen molar-refractivity contribution in [1.82, 2.24) is 9.78 Å². The van der Waals surface area contributed by atoms with Crippen LogP contribution >= 0.6 is 0 Å². The van der Waals surface area contributed by atoms with Crippen LogP contribution in [0.4, 0.5) is 13.2 Å². The van der Waals surface area contributed by atoms with Gasteiger partial charge in [0, 0.05) is 17.8 Å². The van der Waals surface area contributed by atoms with E-state index in [1.54, 1.807) is 12.4 Å². The Balaban J connectivity index is 2.41. The maximum absolute atomic E-state index is 11.7. The highest BCUT2D eigenvalue weighted by molar-refractivity contribution is 5.09. The highest BCUT2D eigenvalue weighted by atomic mass is 19.4. The second-order valence-corrected chi connectivity index (χ2v) is 3.35. The van der Waals surface area contributed by atoms with Crippen molar-refractivity contribution in [3.8, 4) is 0 Å². The molecule has 1 heterocycles. The molecule has 1 unspecified atom stereocenters. The lowest BCUT2D eigenvalue weighted by molar-refractivity contribution is -0.325. The summed E-state index contributed by atoms with van der Waals surface area (Å²) < 4.78 is 40.0. The summed E-state index contributed by atoms with van der Waals surface area (Å²) in [5.41, 5.74) is 6.56. The molecule has 0 radical (unpaired) electrons. The third-order valence-corrected chi connectivity index (χ3v) is 2.11. The van der Waals surface area contributed by atoms with Crippen LogP contribution in [0.2, 0.25) is 0 Å². The van der Waals surface area contributed by atoms with E-state index in [0.29, 0.717) is 0 Å². The minimum Gasteiger partial charge on any atom is -0.324 e. The van der Waals surface area contributed by atoms with Crippen molar-refractivity contribution in [2.24, 2.45) is 5.73 Å². The molecular weight excluding hydrogens is 223 g/mol. The molecule has 0 aromatic carbocycles. The average Bonchev–Trinajstić information content (AvgIpc) is 2.63. The molecule has 0 spiro atoms. The molecule has 1 rings (SSSR count). The first-order chi connectivity index (χ1) is 7.42. The van der Waals surface area contributed by atoms with Gasteiger partial charge < -0.3 is 5.73 Å². The van der Waals surface area contributed by atoms with E-state index < -0.39 is 13.0 Å². The molecule has 4 nitrogen and oxygen atoms in total. The predicted molar refractivity (Wildman–Crippen MR) is 51.5 cm³/mol. The Labute approximate surface area is 91.2 Å². The summed E-state index contributed by atoms with van der Waals surface area (Å²) in [4.78, 5) is 0. The first-order valence-electron chi connectivity index (χ1n) is 4.91. The number of aromatic nitrogens is 2. The van der Waals surface area contributed by atoms with Crippen molar-refractivity contribution in [3.63, 3.8) is 0 Å². The molecule has 0 aliphatic heterocycles. The fourth-order valence-electron chi connectivity index (χ4n) is 1.18. The lowest BCUT2D eigenvalue weighted by Gasteiger charge is -2.07. The Kier molecular flexibility index (Phi) is 4.31. The molecule has 1 aromatic heterocycles. The minimum absolute atomic E-state index is 0.0515. The van der Waals surface area contributed by atoms with Crippen molar-refractivity contribution in [2.45, 2.75) is 32.3 Å². The quantitative estimate of drug-likeness (QED) is 0.850. The molecule has 16 heavy (non-hydrogen) atoms. The van der Waals surface area contributed by atoms with Crippen molar-refractivity contribution >= 4 is 0 Å². The third kappa shape index (κ3) is 4.19. The largest absolute Gasteiger partial charge is 0.522 e. The Morgan fingerprint density at radius 2 is 2.25 bits per heavy atom. The number of alkyl halides is 3. The van der Waals surface area contributed by atoms with Gasteiger partial charge in [0.25, 0.3) is 0 Å². The van der Waals surface area contributed by atoms with Gasteiger partial charge in [-0.25, -0.2) is 0 Å². The first-order valence-corrected chi connectivity index (χ1v) is 4.91. The number of ether oxygens (including phenoxy) is 1. The molecule has 1 aromatic rings. The van der Waals surface area contributed by atoms with Gasteiger partial charge in [0.05, 0.1) is 19.3 Å². The summed E-state index contributed by atoms with van der Waals surface area (Å²) in [5.74, 6) is 0. The summed E-state index contributed by atoms with van der Waals surface area (Å²) in [6.07, 6.45) is -0.643. The minimum atomic E-state index is -4.59. The second kappa shape index (κ2) is 5.31. The van der Waals surface area contributed by atoms with Crippen LogP contribution in [0.25, 0.3) is 0 Å². The van der Waals surface area contributed by atoms with Gasteiger partial charge in [-0.15, -0.1) is 13.2 Å². The normalized spacial score (nSPS) is 14.1. The number of hydrogen-bond donors (Lipinski definition) is 1. The van der Waals surface area contributed by atoms with E-state index in [2.05, 4.69) is 9.84 Å². The van der Waals surface area contributed by atoms with Crippen LogP contribution in [0.5, 0.6) is 0 Å². The Morgan fingerprint density at radius 1 is 1.56 bits per heavy atom. The van der Waals surface area contributed by atoms with Gasteiger partial charge in [-0.3, -0.25) is 9.42 Å². The zero-order valence-electron chi connectivity index (χ0n) is 8.87. The molecular formula is C9H14F3N3O. The number of rotatable bonds is 5. The summed E-state index contributed by atoms with van der Waals surface area (Å²) in [7, 11) is 0. The molecule has 0 bridgehead atoms. The van der Waals surface area contributed by atoms with Crippen LogP contribution in [-0.2, 0) is 11.3 Å². The van der Waals surface area contributed by atoms with E-state index in [1.165, 1.54) is 4.68 Å². The molecule has 0 amide bonds. The van der Waals surface area contributed by atoms with Crippen LogP contribution in [0.15, 0.2) is 12.4 Å². The summed E-state index contributed by atoms with van der Waals surface area (Å²) >= 11 is 0. The van der Waals surface area contributed by atoms with Crippen LogP contribution in [0.3, 0.4) is 0 Å². The molecule has 1 atom stereocenters. The molecule has 2 N–H and O–H groups in total. The predicted octanol–water partition coefficient (Wildman–Crippen LogP) is 1.83. The summed E-state index contributed by atoms with van der Waals surface area (Å²) in [6.45, 7) is 1.52. The molecule has 0 aliphatic rings. The van der Waals surface area contributed by atoms with Crippen LogP contribution in [-0.4, -0.2) is 22.7 Å². The topological polar surface area (TPSA) is 53.1 Å². The monoisotopic (exact) mass is 237 g/mol. The first kappa shape index (κ1) is 13.0. The van der Waals surface area contributed by atoms with Crippen molar-refractivity contribution in [2.75, 3.05) is 6.61 Å². The van der Waals surface area contributed by atoms with Gasteiger partial charge in [0.15, 0.2) is 0 Å². The van der Waals surface area contributed by atoms with E-state index in [-0.39, 0.29) is 12.6 Å². The van der Waals surface area contributed by atoms with E-state index in [0.717, 1.165) is 12.0 Å². The van der Waals surface area contributed by atoms with Crippen molar-refractivity contribution < 1.29 is 17.9 Å². The average molecular weight is 237 g/mol. The Hall–Kier alpha value is -1.08. The zero-order chi connectivity index (χ0) is 12.2. The zero-order valence-corrected chi connectivity index (χ0v) is 8.87. The van der Waals surface area contributed by atoms with Crippen LogP contribution in [0, 0.1) is 0 Å². The van der Waals surface area contributed by atoms with Gasteiger partial charge in [-0.2, -0.15) is 5.10 Å². The van der Waals surface area contributed by atoms with E-state index in [9.17, 15) is 13.2 Å². The number of hydrogen-bond acceptors (Lipinski definition) is 3. The highest BCUT2D eigenvalue weighted by Gasteiger charge is 2.28. The molecule has 0 saturated heterocycles. The smallest absolute Gasteiger partial charge is 0.324 e. The van der Waals surface area contributed by atoms with Gasteiger partial charge in [0.1, 0.15) is 0 Å². The van der Waals surface area contributed by atoms with E-state index in [1.807, 2.05) is 6.92 Å². The summed E-state index contributed by atoms with van der Waals surface area (Å²) in [6, 6.07) is -0.128. The van der Waals surface area contributed by atoms with E-state index in [4.69, 9.17) is 5.73 Å². The van der Waals surface area contributed by atoms with Gasteiger partial charge in [0.2, 0.25) is 0 Å². The SMILES string of the molecule is CCC(N)c1cnn(CCOC(F)(F)F)c1. The summed E-state index contributed by atoms with van der Waals surface area (Å²) in [5, 5.41) is 3.89. The second-order valence-electron chi connectivity index (χ2n) is 3.35. The van der Waals surface area contributed by atoms with Gasteiger partial charge in [-0.1, -0.05) is 6.92 Å². The number of nitrogens with zero attached hydrogens (tertiary/aromatic N) is 2. The van der Waals surface area contributed by atoms with Crippen LogP contribution < -0.4 is 5.73 Å². The van der Waals surface area contributed by atoms with Crippen molar-refractivity contribution in [3.05, 3.63) is 18.0 Å².